The molecule has 1 aromatic heterocycles. The van der Waals surface area contributed by atoms with Gasteiger partial charge in [0, 0.05) is 54.8 Å². The van der Waals surface area contributed by atoms with Gasteiger partial charge in [0.05, 0.1) is 5.69 Å². The van der Waals surface area contributed by atoms with Gasteiger partial charge in [0.15, 0.2) is 11.6 Å². The Kier molecular flexibility index (Phi) is 3.34. The molecule has 26 heavy (non-hydrogen) atoms. The molecule has 5 rings (SSSR count). The molecule has 2 amide bonds. The van der Waals surface area contributed by atoms with Gasteiger partial charge in [-0.1, -0.05) is 0 Å². The molecule has 8 heteroatoms. The Labute approximate surface area is 148 Å². The number of carbonyl (C=O) groups is 2. The lowest BCUT2D eigenvalue weighted by Gasteiger charge is -2.30. The number of hydrogen-bond acceptors (Lipinski definition) is 4. The first-order chi connectivity index (χ1) is 12.5. The van der Waals surface area contributed by atoms with Crippen LogP contribution in [0, 0.1) is 11.6 Å². The molecule has 136 valence electrons. The first-order valence-electron chi connectivity index (χ1n) is 8.84. The highest BCUT2D eigenvalue weighted by Gasteiger charge is 2.39. The van der Waals surface area contributed by atoms with Crippen LogP contribution in [0.4, 0.5) is 14.5 Å². The maximum absolute atomic E-state index is 14.7. The Balaban J connectivity index is 1.55. The molecule has 3 aliphatic rings. The average molecular weight is 360 g/mol. The van der Waals surface area contributed by atoms with E-state index >= 15 is 0 Å². The minimum absolute atomic E-state index is 0.151. The second-order valence-electron chi connectivity index (χ2n) is 7.35. The minimum atomic E-state index is -0.890. The molecule has 4 heterocycles. The number of hydrogen-bond donors (Lipinski definition) is 2. The van der Waals surface area contributed by atoms with Crippen LogP contribution in [-0.2, 0) is 9.59 Å². The van der Waals surface area contributed by atoms with Crippen LogP contribution in [0.15, 0.2) is 18.5 Å². The molecule has 0 spiro atoms. The van der Waals surface area contributed by atoms with E-state index in [-0.39, 0.29) is 29.4 Å². The van der Waals surface area contributed by atoms with Crippen LogP contribution in [0.25, 0.3) is 10.8 Å². The van der Waals surface area contributed by atoms with Gasteiger partial charge in [-0.05, 0) is 18.9 Å². The molecule has 1 aromatic carbocycles. The van der Waals surface area contributed by atoms with Crippen molar-refractivity contribution in [2.75, 3.05) is 18.0 Å². The van der Waals surface area contributed by atoms with Crippen LogP contribution in [-0.4, -0.2) is 41.6 Å². The Morgan fingerprint density at radius 2 is 2.00 bits per heavy atom. The molecule has 2 bridgehead atoms. The Morgan fingerprint density at radius 3 is 2.69 bits per heavy atom. The number of anilines is 1. The third-order valence-corrected chi connectivity index (χ3v) is 5.76. The fourth-order valence-corrected chi connectivity index (χ4v) is 4.44. The van der Waals surface area contributed by atoms with E-state index in [4.69, 9.17) is 0 Å². The quantitative estimate of drug-likeness (QED) is 0.796. The van der Waals surface area contributed by atoms with Crippen molar-refractivity contribution in [2.24, 2.45) is 0 Å². The summed E-state index contributed by atoms with van der Waals surface area (Å²) in [6.07, 6.45) is 4.64. The number of aromatic nitrogens is 1. The lowest BCUT2D eigenvalue weighted by atomic mass is 10.1. The molecular formula is C18H18F2N4O2. The van der Waals surface area contributed by atoms with Crippen LogP contribution in [0.1, 0.15) is 25.3 Å². The molecule has 3 saturated heterocycles. The van der Waals surface area contributed by atoms with Crippen molar-refractivity contribution in [3.8, 4) is 0 Å². The van der Waals surface area contributed by atoms with E-state index in [2.05, 4.69) is 10.6 Å². The Hall–Kier alpha value is -2.48. The summed E-state index contributed by atoms with van der Waals surface area (Å²) in [6.45, 7) is 1.45. The van der Waals surface area contributed by atoms with E-state index in [1.165, 1.54) is 6.20 Å². The van der Waals surface area contributed by atoms with Crippen LogP contribution in [0.3, 0.4) is 0 Å². The average Bonchev–Trinajstić information content (AvgIpc) is 3.33. The van der Waals surface area contributed by atoms with E-state index < -0.39 is 23.6 Å². The van der Waals surface area contributed by atoms with Crippen molar-refractivity contribution >= 4 is 28.3 Å². The number of piperazine rings is 1. The van der Waals surface area contributed by atoms with Gasteiger partial charge >= 0.3 is 0 Å². The van der Waals surface area contributed by atoms with Crippen LogP contribution in [0.5, 0.6) is 0 Å². The molecule has 2 aromatic rings. The summed E-state index contributed by atoms with van der Waals surface area (Å²) in [5.74, 6) is -2.45. The largest absolute Gasteiger partial charge is 0.363 e. The SMILES string of the molecule is O=C1CCC(n2cc3cc(N4CC5CC4CN5)c(F)c(F)c3c2)C(=O)N1. The number of fused-ring (bicyclic) bond motifs is 3. The highest BCUT2D eigenvalue weighted by atomic mass is 19.2. The number of carbonyl (C=O) groups excluding carboxylic acids is 2. The number of piperidine rings is 1. The number of nitrogens with one attached hydrogen (secondary N) is 2. The minimum Gasteiger partial charge on any atom is -0.363 e. The van der Waals surface area contributed by atoms with Gasteiger partial charge in [-0.25, -0.2) is 8.78 Å². The number of amides is 2. The zero-order valence-corrected chi connectivity index (χ0v) is 14.0. The maximum atomic E-state index is 14.7. The van der Waals surface area contributed by atoms with E-state index in [9.17, 15) is 18.4 Å². The van der Waals surface area contributed by atoms with Gasteiger partial charge < -0.3 is 14.8 Å². The van der Waals surface area contributed by atoms with Gasteiger partial charge in [0.2, 0.25) is 11.8 Å². The second kappa shape index (κ2) is 5.51. The van der Waals surface area contributed by atoms with Crippen LogP contribution < -0.4 is 15.5 Å². The topological polar surface area (TPSA) is 66.4 Å². The monoisotopic (exact) mass is 360 g/mol. The van der Waals surface area contributed by atoms with Crippen LogP contribution in [0.2, 0.25) is 0 Å². The maximum Gasteiger partial charge on any atom is 0.249 e. The molecule has 3 unspecified atom stereocenters. The van der Waals surface area contributed by atoms with Gasteiger partial charge in [-0.2, -0.15) is 0 Å². The third-order valence-electron chi connectivity index (χ3n) is 5.76. The molecule has 0 aliphatic carbocycles. The standard InChI is InChI=1S/C18H18F2N4O2/c19-16-12-8-23(13-1-2-15(25)22-18(13)26)6-9(12)3-14(17(16)20)24-7-10-4-11(24)5-21-10/h3,6,8,10-11,13,21H,1-2,4-5,7H2,(H,22,25,26). The van der Waals surface area contributed by atoms with Crippen molar-refractivity contribution in [1.82, 2.24) is 15.2 Å². The summed E-state index contributed by atoms with van der Waals surface area (Å²) in [5.41, 5.74) is 0.282. The summed E-state index contributed by atoms with van der Waals surface area (Å²) in [5, 5.41) is 6.35. The lowest BCUT2D eigenvalue weighted by Crippen LogP contribution is -2.44. The molecular weight excluding hydrogens is 342 g/mol. The van der Waals surface area contributed by atoms with Crippen molar-refractivity contribution < 1.29 is 18.4 Å². The first-order valence-corrected chi connectivity index (χ1v) is 8.84. The molecule has 3 atom stereocenters. The van der Waals surface area contributed by atoms with Gasteiger partial charge in [-0.15, -0.1) is 0 Å². The fourth-order valence-electron chi connectivity index (χ4n) is 4.44. The normalized spacial score (nSPS) is 28.2. The number of halogens is 2. The fraction of sp³-hybridized carbons (Fsp3) is 0.444. The predicted molar refractivity (Wildman–Crippen MR) is 90.8 cm³/mol. The van der Waals surface area contributed by atoms with Gasteiger partial charge in [-0.3, -0.25) is 14.9 Å². The molecule has 6 nitrogen and oxygen atoms in total. The molecule has 3 fully saturated rings. The first kappa shape index (κ1) is 15.7. The molecule has 2 N–H and O–H groups in total. The molecule has 0 radical (unpaired) electrons. The van der Waals surface area contributed by atoms with Gasteiger partial charge in [0.25, 0.3) is 0 Å². The van der Waals surface area contributed by atoms with Crippen LogP contribution >= 0.6 is 0 Å². The van der Waals surface area contributed by atoms with Gasteiger partial charge in [0.1, 0.15) is 6.04 Å². The number of rotatable bonds is 2. The Morgan fingerprint density at radius 1 is 1.15 bits per heavy atom. The molecule has 0 saturated carbocycles. The van der Waals surface area contributed by atoms with E-state index in [0.29, 0.717) is 24.4 Å². The number of benzene rings is 1. The third kappa shape index (κ3) is 2.25. The molecule has 3 aliphatic heterocycles. The van der Waals surface area contributed by atoms with Crippen molar-refractivity contribution in [2.45, 2.75) is 37.4 Å². The highest BCUT2D eigenvalue weighted by molar-refractivity contribution is 6.00. The van der Waals surface area contributed by atoms with Crippen molar-refractivity contribution in [3.05, 3.63) is 30.1 Å². The zero-order valence-electron chi connectivity index (χ0n) is 14.0. The number of nitrogens with zero attached hydrogens (tertiary/aromatic N) is 2. The summed E-state index contributed by atoms with van der Waals surface area (Å²) in [7, 11) is 0. The summed E-state index contributed by atoms with van der Waals surface area (Å²) >= 11 is 0. The van der Waals surface area contributed by atoms with E-state index in [1.54, 1.807) is 16.8 Å². The summed E-state index contributed by atoms with van der Waals surface area (Å²) in [6, 6.07) is 1.59. The second-order valence-corrected chi connectivity index (χ2v) is 7.35. The smallest absolute Gasteiger partial charge is 0.249 e. The summed E-state index contributed by atoms with van der Waals surface area (Å²) < 4.78 is 31.0. The van der Waals surface area contributed by atoms with E-state index in [1.807, 2.05) is 4.90 Å². The highest BCUT2D eigenvalue weighted by Crippen LogP contribution is 2.36. The Bertz CT molecular complexity index is 941. The van der Waals surface area contributed by atoms with E-state index in [0.717, 1.165) is 13.0 Å². The lowest BCUT2D eigenvalue weighted by molar-refractivity contribution is -0.135. The van der Waals surface area contributed by atoms with Crippen molar-refractivity contribution in [1.29, 1.82) is 0 Å². The van der Waals surface area contributed by atoms with Crippen molar-refractivity contribution in [3.63, 3.8) is 0 Å². The summed E-state index contributed by atoms with van der Waals surface area (Å²) in [4.78, 5) is 25.3. The number of imide groups is 1. The zero-order chi connectivity index (χ0) is 18.0. The predicted octanol–water partition coefficient (Wildman–Crippen LogP) is 1.45.